The van der Waals surface area contributed by atoms with Gasteiger partial charge in [-0.05, 0) is 74.7 Å². The summed E-state index contributed by atoms with van der Waals surface area (Å²) < 4.78 is 0. The summed E-state index contributed by atoms with van der Waals surface area (Å²) in [6.45, 7) is 13.4. The van der Waals surface area contributed by atoms with Crippen molar-refractivity contribution in [2.75, 3.05) is 49.6 Å². The van der Waals surface area contributed by atoms with E-state index in [9.17, 15) is 4.79 Å². The predicted octanol–water partition coefficient (Wildman–Crippen LogP) is 5.71. The van der Waals surface area contributed by atoms with Gasteiger partial charge in [0.05, 0.1) is 0 Å². The number of likely N-dealkylation sites (N-methyl/N-ethyl adjacent to an activating group) is 1. The summed E-state index contributed by atoms with van der Waals surface area (Å²) in [6.07, 6.45) is 4.96. The van der Waals surface area contributed by atoms with Crippen LogP contribution in [0.2, 0.25) is 0 Å². The van der Waals surface area contributed by atoms with Crippen LogP contribution in [0.15, 0.2) is 59.7 Å². The largest absolute Gasteiger partial charge is 0.372 e. The van der Waals surface area contributed by atoms with Crippen LogP contribution in [0.3, 0.4) is 0 Å². The van der Waals surface area contributed by atoms with Gasteiger partial charge in [0.2, 0.25) is 5.91 Å². The lowest BCUT2D eigenvalue weighted by Gasteiger charge is -2.27. The minimum atomic E-state index is 0.117. The molecule has 0 N–H and O–H groups in total. The molecule has 1 aliphatic heterocycles. The summed E-state index contributed by atoms with van der Waals surface area (Å²) >= 11 is 0. The molecule has 1 amide bonds. The van der Waals surface area contributed by atoms with E-state index < -0.39 is 0 Å². The van der Waals surface area contributed by atoms with Crippen molar-refractivity contribution in [1.29, 1.82) is 0 Å². The minimum absolute atomic E-state index is 0.117. The third-order valence-corrected chi connectivity index (χ3v) is 6.23. The maximum absolute atomic E-state index is 12.8. The van der Waals surface area contributed by atoms with E-state index in [-0.39, 0.29) is 5.91 Å². The van der Waals surface area contributed by atoms with Crippen LogP contribution >= 0.6 is 0 Å². The van der Waals surface area contributed by atoms with E-state index in [2.05, 4.69) is 92.1 Å². The fourth-order valence-electron chi connectivity index (χ4n) is 4.38. The number of carbonyl (C=O) groups excluding carboxylic acids is 1. The van der Waals surface area contributed by atoms with Crippen molar-refractivity contribution >= 4 is 29.4 Å². The van der Waals surface area contributed by atoms with Crippen molar-refractivity contribution in [2.45, 2.75) is 34.1 Å². The Bertz CT molecular complexity index is 949. The minimum Gasteiger partial charge on any atom is -0.372 e. The molecule has 0 radical (unpaired) electrons. The average Bonchev–Trinajstić information content (AvgIpc) is 2.81. The Hall–Kier alpha value is -3.01. The molecule has 32 heavy (non-hydrogen) atoms. The van der Waals surface area contributed by atoms with Gasteiger partial charge >= 0.3 is 0 Å². The molecule has 0 aliphatic carbocycles. The third kappa shape index (κ3) is 5.61. The first-order valence-electron chi connectivity index (χ1n) is 11.8. The molecule has 4 heteroatoms. The smallest absolute Gasteiger partial charge is 0.250 e. The van der Waals surface area contributed by atoms with Gasteiger partial charge in [-0.1, -0.05) is 30.3 Å². The summed E-state index contributed by atoms with van der Waals surface area (Å²) in [5.41, 5.74) is 6.83. The number of piperidine rings is 1. The molecule has 1 aliphatic rings. The van der Waals surface area contributed by atoms with E-state index in [1.54, 1.807) is 0 Å². The second-order valence-corrected chi connectivity index (χ2v) is 8.34. The molecule has 0 aromatic heterocycles. The Morgan fingerprint density at radius 1 is 0.750 bits per heavy atom. The van der Waals surface area contributed by atoms with Crippen LogP contribution in [0.1, 0.15) is 45.2 Å². The molecule has 0 atom stereocenters. The van der Waals surface area contributed by atoms with Gasteiger partial charge in [-0.15, -0.1) is 0 Å². The normalized spacial score (nSPS) is 16.7. The van der Waals surface area contributed by atoms with Crippen LogP contribution in [-0.4, -0.2) is 50.6 Å². The monoisotopic (exact) mass is 431 g/mol. The van der Waals surface area contributed by atoms with Gasteiger partial charge < -0.3 is 14.7 Å². The molecule has 0 saturated carbocycles. The molecule has 2 aromatic carbocycles. The molecule has 1 saturated heterocycles. The van der Waals surface area contributed by atoms with E-state index in [0.717, 1.165) is 37.3 Å². The van der Waals surface area contributed by atoms with E-state index in [4.69, 9.17) is 0 Å². The summed E-state index contributed by atoms with van der Waals surface area (Å²) in [7, 11) is 1.89. The standard InChI is InChI=1S/C28H37N3O/c1-6-30(7-2)26-14-10-22(11-15-26)18-24-20-25(28(32)29(5)21-24)19-23-12-16-27(17-13-23)31(8-3)9-4/h10-19H,6-9,20-21H2,1-5H3/b24-18+,25-19+. The molecule has 3 rings (SSSR count). The van der Waals surface area contributed by atoms with Gasteiger partial charge in [-0.2, -0.15) is 0 Å². The summed E-state index contributed by atoms with van der Waals surface area (Å²) in [4.78, 5) is 19.3. The van der Waals surface area contributed by atoms with Crippen molar-refractivity contribution < 1.29 is 4.79 Å². The van der Waals surface area contributed by atoms with E-state index in [1.807, 2.05) is 18.0 Å². The van der Waals surface area contributed by atoms with Crippen molar-refractivity contribution in [3.8, 4) is 0 Å². The first-order chi connectivity index (χ1) is 15.5. The molecule has 2 aromatic rings. The Labute approximate surface area is 193 Å². The molecular formula is C28H37N3O. The van der Waals surface area contributed by atoms with Crippen LogP contribution < -0.4 is 9.80 Å². The maximum Gasteiger partial charge on any atom is 0.250 e. The van der Waals surface area contributed by atoms with Crippen LogP contribution in [-0.2, 0) is 4.79 Å². The number of carbonyl (C=O) groups is 1. The van der Waals surface area contributed by atoms with E-state index in [1.165, 1.54) is 22.5 Å². The number of benzene rings is 2. The average molecular weight is 432 g/mol. The molecule has 0 spiro atoms. The van der Waals surface area contributed by atoms with Gasteiger partial charge in [-0.3, -0.25) is 4.79 Å². The lowest BCUT2D eigenvalue weighted by Crippen LogP contribution is -2.34. The number of hydrogen-bond acceptors (Lipinski definition) is 3. The first kappa shape index (κ1) is 23.6. The van der Waals surface area contributed by atoms with Crippen molar-refractivity contribution in [1.82, 2.24) is 4.90 Å². The highest BCUT2D eigenvalue weighted by Crippen LogP contribution is 2.26. The Balaban J connectivity index is 1.79. The maximum atomic E-state index is 12.8. The molecule has 0 unspecified atom stereocenters. The molecule has 170 valence electrons. The van der Waals surface area contributed by atoms with Crippen molar-refractivity contribution in [3.63, 3.8) is 0 Å². The first-order valence-corrected chi connectivity index (χ1v) is 11.8. The van der Waals surface area contributed by atoms with Crippen LogP contribution in [0, 0.1) is 0 Å². The molecule has 4 nitrogen and oxygen atoms in total. The zero-order valence-electron chi connectivity index (χ0n) is 20.3. The number of amides is 1. The van der Waals surface area contributed by atoms with Crippen molar-refractivity contribution in [2.24, 2.45) is 0 Å². The topological polar surface area (TPSA) is 26.8 Å². The molecule has 1 heterocycles. The number of rotatable bonds is 8. The van der Waals surface area contributed by atoms with Gasteiger partial charge in [0.1, 0.15) is 0 Å². The highest BCUT2D eigenvalue weighted by atomic mass is 16.2. The highest BCUT2D eigenvalue weighted by molar-refractivity contribution is 5.99. The van der Waals surface area contributed by atoms with E-state index >= 15 is 0 Å². The van der Waals surface area contributed by atoms with Crippen LogP contribution in [0.4, 0.5) is 11.4 Å². The number of likely N-dealkylation sites (tertiary alicyclic amines) is 1. The second-order valence-electron chi connectivity index (χ2n) is 8.34. The Kier molecular flexibility index (Phi) is 8.15. The summed E-state index contributed by atoms with van der Waals surface area (Å²) in [5.74, 6) is 0.117. The number of nitrogens with zero attached hydrogens (tertiary/aromatic N) is 3. The van der Waals surface area contributed by atoms with Crippen LogP contribution in [0.25, 0.3) is 12.2 Å². The number of anilines is 2. The lowest BCUT2D eigenvalue weighted by molar-refractivity contribution is -0.126. The Morgan fingerprint density at radius 3 is 1.62 bits per heavy atom. The fourth-order valence-corrected chi connectivity index (χ4v) is 4.38. The SMILES string of the molecule is CCN(CC)c1ccc(/C=C2\C/C(=C\c3ccc(N(CC)CC)cc3)C(=O)N(C)C2)cc1. The fraction of sp³-hybridized carbons (Fsp3) is 0.393. The number of hydrogen-bond donors (Lipinski definition) is 0. The zero-order chi connectivity index (χ0) is 23.1. The summed E-state index contributed by atoms with van der Waals surface area (Å²) in [5, 5.41) is 0. The second kappa shape index (κ2) is 11.0. The molecule has 0 bridgehead atoms. The predicted molar refractivity (Wildman–Crippen MR) is 138 cm³/mol. The third-order valence-electron chi connectivity index (χ3n) is 6.23. The van der Waals surface area contributed by atoms with Gasteiger partial charge in [0, 0.05) is 63.1 Å². The zero-order valence-corrected chi connectivity index (χ0v) is 20.3. The lowest BCUT2D eigenvalue weighted by atomic mass is 9.95. The Morgan fingerprint density at radius 2 is 1.19 bits per heavy atom. The van der Waals surface area contributed by atoms with Crippen LogP contribution in [0.5, 0.6) is 0 Å². The highest BCUT2D eigenvalue weighted by Gasteiger charge is 2.23. The van der Waals surface area contributed by atoms with Gasteiger partial charge in [-0.25, -0.2) is 0 Å². The van der Waals surface area contributed by atoms with E-state index in [0.29, 0.717) is 13.0 Å². The van der Waals surface area contributed by atoms with Crippen molar-refractivity contribution in [3.05, 3.63) is 70.8 Å². The van der Waals surface area contributed by atoms with Gasteiger partial charge in [0.25, 0.3) is 0 Å². The molecule has 1 fully saturated rings. The quantitative estimate of drug-likeness (QED) is 0.501. The molecular weight excluding hydrogens is 394 g/mol. The summed E-state index contributed by atoms with van der Waals surface area (Å²) in [6, 6.07) is 17.2. The van der Waals surface area contributed by atoms with Gasteiger partial charge in [0.15, 0.2) is 0 Å².